The third-order valence-electron chi connectivity index (χ3n) is 5.57. The molecule has 3 aromatic rings. The van der Waals surface area contributed by atoms with Gasteiger partial charge < -0.3 is 15.0 Å². The number of aryl methyl sites for hydroxylation is 1. The van der Waals surface area contributed by atoms with Gasteiger partial charge in [-0.25, -0.2) is 14.4 Å². The Bertz CT molecular complexity index is 1120. The van der Waals surface area contributed by atoms with Gasteiger partial charge in [-0.15, -0.1) is 0 Å². The van der Waals surface area contributed by atoms with E-state index in [9.17, 15) is 14.0 Å². The van der Waals surface area contributed by atoms with E-state index in [1.165, 1.54) is 30.5 Å². The van der Waals surface area contributed by atoms with Crippen LogP contribution in [-0.4, -0.2) is 39.8 Å². The Balaban J connectivity index is 1.45. The zero-order chi connectivity index (χ0) is 23.2. The molecule has 7 nitrogen and oxygen atoms in total. The van der Waals surface area contributed by atoms with E-state index in [2.05, 4.69) is 15.3 Å². The molecule has 1 aliphatic rings. The highest BCUT2D eigenvalue weighted by atomic mass is 19.1. The lowest BCUT2D eigenvalue weighted by Crippen LogP contribution is -2.41. The van der Waals surface area contributed by atoms with Crippen molar-refractivity contribution in [1.82, 2.24) is 14.9 Å². The second-order valence-corrected chi connectivity index (χ2v) is 7.89. The van der Waals surface area contributed by atoms with Crippen molar-refractivity contribution in [2.75, 3.05) is 18.5 Å². The number of piperidine rings is 1. The number of rotatable bonds is 6. The number of anilines is 1. The van der Waals surface area contributed by atoms with E-state index in [1.54, 1.807) is 11.8 Å². The summed E-state index contributed by atoms with van der Waals surface area (Å²) in [6.45, 7) is 2.19. The van der Waals surface area contributed by atoms with Crippen LogP contribution in [0.5, 0.6) is 5.75 Å². The standard InChI is InChI=1S/C25H25FN4O3/c1-17-21(25(32)29-19-7-3-2-4-8-19)15-27-24(28-17)22-9-5-6-14-30(22)23(31)16-33-20-12-10-18(26)11-13-20/h2-4,7-8,10-13,15,22H,5-6,9,14,16H2,1H3,(H,29,32)/t22-/m0/s1. The molecule has 2 amide bonds. The Hall–Kier alpha value is -3.81. The van der Waals surface area contributed by atoms with Gasteiger partial charge in [-0.1, -0.05) is 18.2 Å². The lowest BCUT2D eigenvalue weighted by molar-refractivity contribution is -0.137. The van der Waals surface area contributed by atoms with Gasteiger partial charge in [0.25, 0.3) is 11.8 Å². The van der Waals surface area contributed by atoms with Crippen molar-refractivity contribution >= 4 is 17.5 Å². The van der Waals surface area contributed by atoms with Crippen LogP contribution in [0.4, 0.5) is 10.1 Å². The summed E-state index contributed by atoms with van der Waals surface area (Å²) in [6, 6.07) is 14.4. The molecule has 1 saturated heterocycles. The molecule has 170 valence electrons. The molecule has 33 heavy (non-hydrogen) atoms. The summed E-state index contributed by atoms with van der Waals surface area (Å²) in [5, 5.41) is 2.84. The number of amides is 2. The second kappa shape index (κ2) is 10.2. The summed E-state index contributed by atoms with van der Waals surface area (Å²) < 4.78 is 18.6. The van der Waals surface area contributed by atoms with Crippen LogP contribution in [0.1, 0.15) is 47.2 Å². The SMILES string of the molecule is Cc1nc([C@@H]2CCCCN2C(=O)COc2ccc(F)cc2)ncc1C(=O)Nc1ccccc1. The number of hydrogen-bond acceptors (Lipinski definition) is 5. The van der Waals surface area contributed by atoms with Crippen molar-refractivity contribution in [3.63, 3.8) is 0 Å². The topological polar surface area (TPSA) is 84.4 Å². The molecular formula is C25H25FN4O3. The molecule has 2 heterocycles. The predicted octanol–water partition coefficient (Wildman–Crippen LogP) is 4.31. The molecule has 4 rings (SSSR count). The number of halogens is 1. The number of benzene rings is 2. The minimum atomic E-state index is -0.363. The Morgan fingerprint density at radius 1 is 1.12 bits per heavy atom. The summed E-state index contributed by atoms with van der Waals surface area (Å²) in [7, 11) is 0. The maximum Gasteiger partial charge on any atom is 0.261 e. The molecule has 8 heteroatoms. The van der Waals surface area contributed by atoms with E-state index >= 15 is 0 Å². The highest BCUT2D eigenvalue weighted by Crippen LogP contribution is 2.29. The molecule has 0 radical (unpaired) electrons. The van der Waals surface area contributed by atoms with Gasteiger partial charge in [0.2, 0.25) is 0 Å². The van der Waals surface area contributed by atoms with E-state index in [0.717, 1.165) is 19.3 Å². The number of likely N-dealkylation sites (tertiary alicyclic amines) is 1. The van der Waals surface area contributed by atoms with Crippen LogP contribution in [0, 0.1) is 12.7 Å². The molecule has 0 spiro atoms. The molecule has 1 atom stereocenters. The monoisotopic (exact) mass is 448 g/mol. The molecule has 0 saturated carbocycles. The van der Waals surface area contributed by atoms with Crippen molar-refractivity contribution < 1.29 is 18.7 Å². The summed E-state index contributed by atoms with van der Waals surface area (Å²) in [5.74, 6) is 0.113. The number of para-hydroxylation sites is 1. The molecule has 1 aliphatic heterocycles. The number of hydrogen-bond donors (Lipinski definition) is 1. The van der Waals surface area contributed by atoms with Crippen LogP contribution in [0.3, 0.4) is 0 Å². The average Bonchev–Trinajstić information content (AvgIpc) is 2.84. The fourth-order valence-electron chi connectivity index (χ4n) is 3.85. The summed E-state index contributed by atoms with van der Waals surface area (Å²) in [4.78, 5) is 36.3. The van der Waals surface area contributed by atoms with Gasteiger partial charge in [0, 0.05) is 18.4 Å². The normalized spacial score (nSPS) is 15.7. The number of nitrogens with zero attached hydrogens (tertiary/aromatic N) is 3. The molecule has 1 fully saturated rings. The van der Waals surface area contributed by atoms with Crippen LogP contribution in [0.25, 0.3) is 0 Å². The second-order valence-electron chi connectivity index (χ2n) is 7.89. The van der Waals surface area contributed by atoms with Crippen LogP contribution >= 0.6 is 0 Å². The zero-order valence-corrected chi connectivity index (χ0v) is 18.3. The largest absolute Gasteiger partial charge is 0.484 e. The maximum absolute atomic E-state index is 13.1. The van der Waals surface area contributed by atoms with Crippen LogP contribution < -0.4 is 10.1 Å². The van der Waals surface area contributed by atoms with Gasteiger partial charge in [-0.05, 0) is 62.6 Å². The Morgan fingerprint density at radius 3 is 2.61 bits per heavy atom. The molecule has 1 aromatic heterocycles. The Morgan fingerprint density at radius 2 is 1.88 bits per heavy atom. The van der Waals surface area contributed by atoms with Gasteiger partial charge in [-0.2, -0.15) is 0 Å². The number of aromatic nitrogens is 2. The molecule has 1 N–H and O–H groups in total. The predicted molar refractivity (Wildman–Crippen MR) is 121 cm³/mol. The summed E-state index contributed by atoms with van der Waals surface area (Å²) in [5.41, 5.74) is 1.63. The van der Waals surface area contributed by atoms with Crippen LogP contribution in [-0.2, 0) is 4.79 Å². The fourth-order valence-corrected chi connectivity index (χ4v) is 3.85. The summed E-state index contributed by atoms with van der Waals surface area (Å²) >= 11 is 0. The van der Waals surface area contributed by atoms with Crippen LogP contribution in [0.2, 0.25) is 0 Å². The first-order chi connectivity index (χ1) is 16.0. The zero-order valence-electron chi connectivity index (χ0n) is 18.3. The first-order valence-corrected chi connectivity index (χ1v) is 10.9. The lowest BCUT2D eigenvalue weighted by atomic mass is 10.0. The van der Waals surface area contributed by atoms with E-state index in [1.807, 2.05) is 30.3 Å². The number of carbonyl (C=O) groups is 2. The highest BCUT2D eigenvalue weighted by molar-refractivity contribution is 6.04. The van der Waals surface area contributed by atoms with Crippen molar-refractivity contribution in [2.45, 2.75) is 32.2 Å². The van der Waals surface area contributed by atoms with Gasteiger partial charge >= 0.3 is 0 Å². The molecular weight excluding hydrogens is 423 g/mol. The van der Waals surface area contributed by atoms with E-state index in [-0.39, 0.29) is 30.3 Å². The summed E-state index contributed by atoms with van der Waals surface area (Å²) in [6.07, 6.45) is 4.08. The molecule has 0 bridgehead atoms. The Kier molecular flexibility index (Phi) is 6.92. The minimum absolute atomic E-state index is 0.154. The number of nitrogens with one attached hydrogen (secondary N) is 1. The van der Waals surface area contributed by atoms with Crippen molar-refractivity contribution in [3.05, 3.63) is 83.7 Å². The van der Waals surface area contributed by atoms with Gasteiger partial charge in [0.15, 0.2) is 12.4 Å². The first kappa shape index (κ1) is 22.4. The van der Waals surface area contributed by atoms with Crippen molar-refractivity contribution in [3.8, 4) is 5.75 Å². The lowest BCUT2D eigenvalue weighted by Gasteiger charge is -2.34. The minimum Gasteiger partial charge on any atom is -0.484 e. The van der Waals surface area contributed by atoms with Crippen LogP contribution in [0.15, 0.2) is 60.8 Å². The highest BCUT2D eigenvalue weighted by Gasteiger charge is 2.30. The van der Waals surface area contributed by atoms with E-state index in [4.69, 9.17) is 4.74 Å². The smallest absolute Gasteiger partial charge is 0.261 e. The van der Waals surface area contributed by atoms with Gasteiger partial charge in [0.1, 0.15) is 11.6 Å². The quantitative estimate of drug-likeness (QED) is 0.608. The number of ether oxygens (including phenoxy) is 1. The Labute approximate surface area is 191 Å². The van der Waals surface area contributed by atoms with Crippen molar-refractivity contribution in [1.29, 1.82) is 0 Å². The third kappa shape index (κ3) is 5.52. The first-order valence-electron chi connectivity index (χ1n) is 10.9. The fraction of sp³-hybridized carbons (Fsp3) is 0.280. The van der Waals surface area contributed by atoms with Gasteiger partial charge in [-0.3, -0.25) is 9.59 Å². The number of carbonyl (C=O) groups excluding carboxylic acids is 2. The maximum atomic E-state index is 13.1. The molecule has 0 aliphatic carbocycles. The third-order valence-corrected chi connectivity index (χ3v) is 5.57. The average molecular weight is 448 g/mol. The molecule has 0 unspecified atom stereocenters. The van der Waals surface area contributed by atoms with Gasteiger partial charge in [0.05, 0.1) is 17.3 Å². The van der Waals surface area contributed by atoms with Crippen molar-refractivity contribution in [2.24, 2.45) is 0 Å². The van der Waals surface area contributed by atoms with E-state index < -0.39 is 0 Å². The molecule has 2 aromatic carbocycles. The van der Waals surface area contributed by atoms with E-state index in [0.29, 0.717) is 35.1 Å².